The minimum Gasteiger partial charge on any atom is -0.493 e. The number of benzene rings is 2. The molecule has 0 unspecified atom stereocenters. The number of likely N-dealkylation sites (N-methyl/N-ethyl adjacent to an activating group) is 1. The molecule has 5 amide bonds. The lowest BCUT2D eigenvalue weighted by molar-refractivity contribution is -0.148. The molecule has 2 fully saturated rings. The van der Waals surface area contributed by atoms with Crippen molar-refractivity contribution >= 4 is 29.5 Å². The fraction of sp³-hybridized carbons (Fsp3) is 0.452. The van der Waals surface area contributed by atoms with Gasteiger partial charge in [0.1, 0.15) is 12.1 Å². The molecule has 0 aromatic heterocycles. The second kappa shape index (κ2) is 14.8. The summed E-state index contributed by atoms with van der Waals surface area (Å²) in [6, 6.07) is 10.3. The maximum absolute atomic E-state index is 13.9. The van der Waals surface area contributed by atoms with Gasteiger partial charge in [0.15, 0.2) is 17.6 Å². The van der Waals surface area contributed by atoms with E-state index >= 15 is 0 Å². The van der Waals surface area contributed by atoms with Gasteiger partial charge in [0.25, 0.3) is 11.8 Å². The molecule has 242 valence electrons. The molecular weight excluding hydrogens is 586 g/mol. The third-order valence-corrected chi connectivity index (χ3v) is 7.61. The highest BCUT2D eigenvalue weighted by Gasteiger charge is 2.38. The number of ether oxygens (including phenoxy) is 4. The monoisotopic (exact) mass is 625 g/mol. The average Bonchev–Trinajstić information content (AvgIpc) is 3.05. The number of fused-ring (bicyclic) bond motifs is 2. The largest absolute Gasteiger partial charge is 0.493 e. The molecule has 2 aliphatic rings. The molecule has 0 saturated carbocycles. The number of morpholine rings is 1. The summed E-state index contributed by atoms with van der Waals surface area (Å²) in [6.45, 7) is 1.01. The van der Waals surface area contributed by atoms with Crippen molar-refractivity contribution in [3.63, 3.8) is 0 Å². The molecule has 0 radical (unpaired) electrons. The van der Waals surface area contributed by atoms with Crippen LogP contribution in [0, 0.1) is 0 Å². The van der Waals surface area contributed by atoms with E-state index in [0.717, 1.165) is 5.56 Å². The van der Waals surface area contributed by atoms with E-state index in [0.29, 0.717) is 5.75 Å². The van der Waals surface area contributed by atoms with Crippen LogP contribution >= 0.6 is 0 Å². The van der Waals surface area contributed by atoms with Gasteiger partial charge in [-0.25, -0.2) is 0 Å². The summed E-state index contributed by atoms with van der Waals surface area (Å²) < 4.78 is 22.4. The lowest BCUT2D eigenvalue weighted by atomic mass is 10.0. The van der Waals surface area contributed by atoms with Crippen molar-refractivity contribution in [2.24, 2.45) is 0 Å². The van der Waals surface area contributed by atoms with Crippen LogP contribution < -0.4 is 30.2 Å². The zero-order valence-electron chi connectivity index (χ0n) is 26.0. The van der Waals surface area contributed by atoms with Crippen LogP contribution in [0.4, 0.5) is 0 Å². The third-order valence-electron chi connectivity index (χ3n) is 7.61. The Morgan fingerprint density at radius 1 is 0.911 bits per heavy atom. The Kier molecular flexibility index (Phi) is 10.8. The number of carbonyl (C=O) groups is 5. The predicted octanol–water partition coefficient (Wildman–Crippen LogP) is -0.258. The smallest absolute Gasteiger partial charge is 0.257 e. The van der Waals surface area contributed by atoms with E-state index in [1.54, 1.807) is 6.07 Å². The number of amides is 5. The number of nitrogens with zero attached hydrogens (tertiary/aromatic N) is 2. The molecule has 2 aromatic rings. The van der Waals surface area contributed by atoms with Crippen LogP contribution in [-0.4, -0.2) is 118 Å². The van der Waals surface area contributed by atoms with Gasteiger partial charge in [-0.05, 0) is 24.6 Å². The van der Waals surface area contributed by atoms with Crippen LogP contribution in [0.1, 0.15) is 22.8 Å². The van der Waals surface area contributed by atoms with Crippen LogP contribution in [0.15, 0.2) is 42.5 Å². The molecule has 2 aliphatic heterocycles. The Morgan fingerprint density at radius 2 is 1.62 bits per heavy atom. The minimum atomic E-state index is -1.19. The molecule has 14 nitrogen and oxygen atoms in total. The van der Waals surface area contributed by atoms with E-state index in [1.165, 1.54) is 51.2 Å². The average molecular weight is 626 g/mol. The summed E-state index contributed by atoms with van der Waals surface area (Å²) in [4.78, 5) is 69.3. The first kappa shape index (κ1) is 33.1. The van der Waals surface area contributed by atoms with Gasteiger partial charge in [-0.15, -0.1) is 0 Å². The molecule has 2 heterocycles. The van der Waals surface area contributed by atoms with Crippen molar-refractivity contribution in [1.82, 2.24) is 25.8 Å². The molecule has 3 N–H and O–H groups in total. The topological polar surface area (TPSA) is 165 Å². The molecule has 2 bridgehead atoms. The van der Waals surface area contributed by atoms with Crippen LogP contribution in [0.2, 0.25) is 0 Å². The third kappa shape index (κ3) is 7.81. The lowest BCUT2D eigenvalue weighted by Crippen LogP contribution is -2.59. The Bertz CT molecular complexity index is 1420. The number of hydrogen-bond acceptors (Lipinski definition) is 9. The first-order valence-corrected chi connectivity index (χ1v) is 14.5. The van der Waals surface area contributed by atoms with Crippen molar-refractivity contribution in [2.75, 3.05) is 54.6 Å². The summed E-state index contributed by atoms with van der Waals surface area (Å²) in [5, 5.41) is 8.09. The second-order valence-corrected chi connectivity index (χ2v) is 10.8. The van der Waals surface area contributed by atoms with Gasteiger partial charge in [-0.3, -0.25) is 24.0 Å². The SMILES string of the molecule is COc1ccc(C(=O)N2C[C@@H]3CNC(=O)[C@@H](C)NC(=O)CN(C)C(=O)[C@@H](Cc4ccccc4)NC(=O)[C@@H](C2)O3)c(OC)c1OC. The van der Waals surface area contributed by atoms with Crippen LogP contribution in [0.25, 0.3) is 0 Å². The Morgan fingerprint density at radius 3 is 2.29 bits per heavy atom. The van der Waals surface area contributed by atoms with Gasteiger partial charge >= 0.3 is 0 Å². The van der Waals surface area contributed by atoms with Crippen LogP contribution in [0.3, 0.4) is 0 Å². The fourth-order valence-corrected chi connectivity index (χ4v) is 5.30. The molecule has 0 spiro atoms. The van der Waals surface area contributed by atoms with Gasteiger partial charge in [-0.1, -0.05) is 30.3 Å². The molecule has 4 rings (SSSR count). The van der Waals surface area contributed by atoms with Gasteiger partial charge < -0.3 is 44.7 Å². The summed E-state index contributed by atoms with van der Waals surface area (Å²) in [7, 11) is 5.73. The molecule has 2 saturated heterocycles. The maximum Gasteiger partial charge on any atom is 0.257 e. The van der Waals surface area contributed by atoms with E-state index in [9.17, 15) is 24.0 Å². The summed E-state index contributed by atoms with van der Waals surface area (Å²) in [6.07, 6.45) is -1.84. The highest BCUT2D eigenvalue weighted by molar-refractivity contribution is 5.99. The molecule has 45 heavy (non-hydrogen) atoms. The van der Waals surface area contributed by atoms with Crippen LogP contribution in [-0.2, 0) is 30.3 Å². The quantitative estimate of drug-likeness (QED) is 0.392. The number of nitrogens with one attached hydrogen (secondary N) is 3. The van der Waals surface area contributed by atoms with E-state index in [-0.39, 0.29) is 49.7 Å². The predicted molar refractivity (Wildman–Crippen MR) is 161 cm³/mol. The number of carbonyl (C=O) groups excluding carboxylic acids is 5. The van der Waals surface area contributed by atoms with Crippen molar-refractivity contribution in [3.8, 4) is 17.2 Å². The first-order chi connectivity index (χ1) is 21.6. The number of rotatable bonds is 6. The van der Waals surface area contributed by atoms with Crippen LogP contribution in [0.5, 0.6) is 17.2 Å². The zero-order chi connectivity index (χ0) is 32.7. The van der Waals surface area contributed by atoms with E-state index in [1.807, 2.05) is 30.3 Å². The highest BCUT2D eigenvalue weighted by atomic mass is 16.5. The maximum atomic E-state index is 13.9. The fourth-order valence-electron chi connectivity index (χ4n) is 5.30. The lowest BCUT2D eigenvalue weighted by Gasteiger charge is -2.38. The van der Waals surface area contributed by atoms with Crippen molar-refractivity contribution in [2.45, 2.75) is 37.6 Å². The molecule has 4 atom stereocenters. The number of methoxy groups -OCH3 is 3. The first-order valence-electron chi connectivity index (χ1n) is 14.5. The Hall–Kier alpha value is -4.85. The van der Waals surface area contributed by atoms with E-state index in [4.69, 9.17) is 18.9 Å². The van der Waals surface area contributed by atoms with Crippen molar-refractivity contribution < 1.29 is 42.9 Å². The van der Waals surface area contributed by atoms with Gasteiger partial charge in [-0.2, -0.15) is 0 Å². The van der Waals surface area contributed by atoms with Crippen molar-refractivity contribution in [1.29, 1.82) is 0 Å². The highest BCUT2D eigenvalue weighted by Crippen LogP contribution is 2.40. The van der Waals surface area contributed by atoms with Gasteiger partial charge in [0.05, 0.1) is 46.1 Å². The van der Waals surface area contributed by atoms with Gasteiger partial charge in [0.2, 0.25) is 23.5 Å². The van der Waals surface area contributed by atoms with Gasteiger partial charge in [0, 0.05) is 26.6 Å². The Balaban J connectivity index is 1.68. The van der Waals surface area contributed by atoms with E-state index < -0.39 is 53.8 Å². The minimum absolute atomic E-state index is 0.0241. The second-order valence-electron chi connectivity index (χ2n) is 10.8. The normalized spacial score (nSPS) is 23.1. The molecule has 14 heteroatoms. The molecular formula is C31H39N5O9. The summed E-state index contributed by atoms with van der Waals surface area (Å²) in [5.41, 5.74) is 0.954. The zero-order valence-corrected chi connectivity index (χ0v) is 26.0. The summed E-state index contributed by atoms with van der Waals surface area (Å²) >= 11 is 0. The van der Waals surface area contributed by atoms with E-state index in [2.05, 4.69) is 16.0 Å². The standard InChI is InChI=1S/C31H39N5O9/c1-18-28(38)32-14-20-15-36(30(40)21-11-12-23(42-3)27(44-5)26(21)43-4)16-24(45-20)29(39)34-22(13-19-9-7-6-8-10-19)31(41)35(2)17-25(37)33-18/h6-12,18,20,22,24H,13-17H2,1-5H3,(H,32,38)(H,33,37)(H,34,39)/t18-,20+,22-,24-/m1/s1. The number of hydrogen-bond donors (Lipinski definition) is 3. The Labute approximate surface area is 261 Å². The van der Waals surface area contributed by atoms with Crippen molar-refractivity contribution in [3.05, 3.63) is 53.6 Å². The molecule has 0 aliphatic carbocycles. The summed E-state index contributed by atoms with van der Waals surface area (Å²) in [5.74, 6) is -1.90. The molecule has 2 aromatic carbocycles.